The van der Waals surface area contributed by atoms with E-state index in [4.69, 9.17) is 4.52 Å². The Hall–Kier alpha value is -1.84. The summed E-state index contributed by atoms with van der Waals surface area (Å²) >= 11 is 0. The van der Waals surface area contributed by atoms with Gasteiger partial charge in [0.1, 0.15) is 5.82 Å². The Morgan fingerprint density at radius 3 is 2.74 bits per heavy atom. The Bertz CT molecular complexity index is 739. The molecule has 7 nitrogen and oxygen atoms in total. The minimum atomic E-state index is 0. The van der Waals surface area contributed by atoms with Crippen molar-refractivity contribution in [3.8, 4) is 0 Å². The molecule has 1 aliphatic rings. The lowest BCUT2D eigenvalue weighted by Crippen LogP contribution is -2.48. The molecular formula is C19H29IN6O. The van der Waals surface area contributed by atoms with Gasteiger partial charge in [0, 0.05) is 37.9 Å². The van der Waals surface area contributed by atoms with Crippen LogP contribution in [0.4, 0.5) is 5.82 Å². The second-order valence-electron chi connectivity index (χ2n) is 6.61. The first-order valence-corrected chi connectivity index (χ1v) is 9.28. The Morgan fingerprint density at radius 1 is 1.33 bits per heavy atom. The molecule has 8 heteroatoms. The third kappa shape index (κ3) is 6.08. The number of nitrogens with one attached hydrogen (secondary N) is 2. The van der Waals surface area contributed by atoms with Crippen LogP contribution in [0.5, 0.6) is 0 Å². The van der Waals surface area contributed by atoms with Crippen molar-refractivity contribution in [1.82, 2.24) is 20.8 Å². The van der Waals surface area contributed by atoms with Crippen molar-refractivity contribution in [2.24, 2.45) is 4.99 Å². The van der Waals surface area contributed by atoms with Crippen LogP contribution in [-0.4, -0.2) is 42.3 Å². The Morgan fingerprint density at radius 2 is 2.11 bits per heavy atom. The molecule has 0 unspecified atom stereocenters. The van der Waals surface area contributed by atoms with E-state index in [9.17, 15) is 0 Å². The quantitative estimate of drug-likeness (QED) is 0.386. The van der Waals surface area contributed by atoms with E-state index >= 15 is 0 Å². The van der Waals surface area contributed by atoms with E-state index in [1.165, 1.54) is 0 Å². The molecule has 2 N–H and O–H groups in total. The van der Waals surface area contributed by atoms with Gasteiger partial charge in [-0.2, -0.15) is 0 Å². The number of piperidine rings is 1. The van der Waals surface area contributed by atoms with Gasteiger partial charge in [-0.3, -0.25) is 4.99 Å². The molecule has 1 fully saturated rings. The Kier molecular flexibility index (Phi) is 8.33. The van der Waals surface area contributed by atoms with Crippen LogP contribution in [0.3, 0.4) is 0 Å². The lowest BCUT2D eigenvalue weighted by Gasteiger charge is -2.33. The van der Waals surface area contributed by atoms with Gasteiger partial charge in [0.25, 0.3) is 0 Å². The van der Waals surface area contributed by atoms with Gasteiger partial charge in [-0.05, 0) is 38.3 Å². The Labute approximate surface area is 178 Å². The standard InChI is InChI=1S/C19H28N6O.HI/c1-4-15-12-17(26-24-15)13-21-19(20-3)23-16-8-10-25(11-9-16)18-7-5-6-14(2)22-18;/h5-7,12,16H,4,8-11,13H2,1-3H3,(H2,20,21,23);1H. The number of guanidine groups is 1. The second-order valence-corrected chi connectivity index (χ2v) is 6.61. The number of rotatable bonds is 5. The predicted molar refractivity (Wildman–Crippen MR) is 119 cm³/mol. The molecule has 0 atom stereocenters. The van der Waals surface area contributed by atoms with Gasteiger partial charge >= 0.3 is 0 Å². The van der Waals surface area contributed by atoms with Crippen LogP contribution in [-0.2, 0) is 13.0 Å². The van der Waals surface area contributed by atoms with E-state index in [1.807, 2.05) is 19.1 Å². The van der Waals surface area contributed by atoms with Crippen molar-refractivity contribution in [2.45, 2.75) is 45.7 Å². The highest BCUT2D eigenvalue weighted by Gasteiger charge is 2.21. The summed E-state index contributed by atoms with van der Waals surface area (Å²) in [6.45, 7) is 6.67. The van der Waals surface area contributed by atoms with Crippen molar-refractivity contribution in [3.63, 3.8) is 0 Å². The molecule has 0 aromatic carbocycles. The maximum atomic E-state index is 5.30. The lowest BCUT2D eigenvalue weighted by atomic mass is 10.1. The number of aliphatic imine (C=N–C) groups is 1. The van der Waals surface area contributed by atoms with Gasteiger partial charge in [-0.25, -0.2) is 4.98 Å². The van der Waals surface area contributed by atoms with Crippen LogP contribution in [0, 0.1) is 6.92 Å². The van der Waals surface area contributed by atoms with Crippen molar-refractivity contribution in [3.05, 3.63) is 41.4 Å². The molecule has 0 aliphatic carbocycles. The highest BCUT2D eigenvalue weighted by molar-refractivity contribution is 14.0. The molecular weight excluding hydrogens is 455 g/mol. The molecule has 3 rings (SSSR count). The van der Waals surface area contributed by atoms with Crippen LogP contribution in [0.1, 0.15) is 36.9 Å². The SMILES string of the molecule is CCc1cc(CNC(=NC)NC2CCN(c3cccc(C)n3)CC2)on1.I. The first-order chi connectivity index (χ1) is 12.7. The number of pyridine rings is 1. The van der Waals surface area contributed by atoms with E-state index in [2.05, 4.69) is 49.7 Å². The third-order valence-electron chi connectivity index (χ3n) is 4.66. The van der Waals surface area contributed by atoms with Crippen molar-refractivity contribution < 1.29 is 4.52 Å². The molecule has 0 bridgehead atoms. The number of aromatic nitrogens is 2. The zero-order chi connectivity index (χ0) is 18.4. The normalized spacial score (nSPS) is 15.4. The van der Waals surface area contributed by atoms with Gasteiger partial charge < -0.3 is 20.1 Å². The molecule has 1 saturated heterocycles. The molecule has 2 aromatic rings. The number of anilines is 1. The summed E-state index contributed by atoms with van der Waals surface area (Å²) in [5, 5.41) is 10.8. The molecule has 3 heterocycles. The van der Waals surface area contributed by atoms with Gasteiger partial charge in [-0.1, -0.05) is 18.1 Å². The van der Waals surface area contributed by atoms with Gasteiger partial charge in [0.05, 0.1) is 12.2 Å². The van der Waals surface area contributed by atoms with Crippen LogP contribution < -0.4 is 15.5 Å². The zero-order valence-electron chi connectivity index (χ0n) is 16.2. The first-order valence-electron chi connectivity index (χ1n) is 9.28. The van der Waals surface area contributed by atoms with Gasteiger partial charge in [-0.15, -0.1) is 24.0 Å². The average molecular weight is 484 g/mol. The highest BCUT2D eigenvalue weighted by Crippen LogP contribution is 2.18. The molecule has 0 saturated carbocycles. The maximum Gasteiger partial charge on any atom is 0.191 e. The van der Waals surface area contributed by atoms with E-state index in [0.717, 1.165) is 61.3 Å². The second kappa shape index (κ2) is 10.5. The zero-order valence-corrected chi connectivity index (χ0v) is 18.6. The van der Waals surface area contributed by atoms with E-state index < -0.39 is 0 Å². The van der Waals surface area contributed by atoms with E-state index in [1.54, 1.807) is 7.05 Å². The summed E-state index contributed by atoms with van der Waals surface area (Å²) in [4.78, 5) is 11.3. The summed E-state index contributed by atoms with van der Waals surface area (Å²) < 4.78 is 5.30. The van der Waals surface area contributed by atoms with Gasteiger partial charge in [0.2, 0.25) is 0 Å². The first kappa shape index (κ1) is 21.5. The van der Waals surface area contributed by atoms with E-state index in [-0.39, 0.29) is 24.0 Å². The molecule has 148 valence electrons. The summed E-state index contributed by atoms with van der Waals surface area (Å²) in [5.41, 5.74) is 2.04. The molecule has 2 aromatic heterocycles. The Balaban J connectivity index is 0.00000261. The summed E-state index contributed by atoms with van der Waals surface area (Å²) in [6.07, 6.45) is 2.99. The summed E-state index contributed by atoms with van der Waals surface area (Å²) in [7, 11) is 1.79. The molecule has 0 spiro atoms. The molecule has 1 aliphatic heterocycles. The van der Waals surface area contributed by atoms with Crippen molar-refractivity contribution in [1.29, 1.82) is 0 Å². The monoisotopic (exact) mass is 484 g/mol. The number of hydrogen-bond donors (Lipinski definition) is 2. The average Bonchev–Trinajstić information content (AvgIpc) is 3.14. The van der Waals surface area contributed by atoms with Crippen LogP contribution >= 0.6 is 24.0 Å². The molecule has 0 radical (unpaired) electrons. The summed E-state index contributed by atoms with van der Waals surface area (Å²) in [6, 6.07) is 8.58. The topological polar surface area (TPSA) is 78.6 Å². The molecule has 0 amide bonds. The van der Waals surface area contributed by atoms with Gasteiger partial charge in [0.15, 0.2) is 11.7 Å². The summed E-state index contributed by atoms with van der Waals surface area (Å²) in [5.74, 6) is 2.69. The number of hydrogen-bond acceptors (Lipinski definition) is 5. The minimum absolute atomic E-state index is 0. The number of aryl methyl sites for hydroxylation is 2. The molecule has 27 heavy (non-hydrogen) atoms. The van der Waals surface area contributed by atoms with Crippen molar-refractivity contribution in [2.75, 3.05) is 25.0 Å². The van der Waals surface area contributed by atoms with Crippen LogP contribution in [0.15, 0.2) is 33.8 Å². The third-order valence-corrected chi connectivity index (χ3v) is 4.66. The van der Waals surface area contributed by atoms with E-state index in [0.29, 0.717) is 12.6 Å². The largest absolute Gasteiger partial charge is 0.359 e. The maximum absolute atomic E-state index is 5.30. The smallest absolute Gasteiger partial charge is 0.191 e. The number of halogens is 1. The fourth-order valence-corrected chi connectivity index (χ4v) is 3.12. The van der Waals surface area contributed by atoms with Crippen LogP contribution in [0.2, 0.25) is 0 Å². The highest BCUT2D eigenvalue weighted by atomic mass is 127. The fourth-order valence-electron chi connectivity index (χ4n) is 3.12. The minimum Gasteiger partial charge on any atom is -0.359 e. The lowest BCUT2D eigenvalue weighted by molar-refractivity contribution is 0.374. The predicted octanol–water partition coefficient (Wildman–Crippen LogP) is 2.89. The fraction of sp³-hybridized carbons (Fsp3) is 0.526. The van der Waals surface area contributed by atoms with Crippen LogP contribution in [0.25, 0.3) is 0 Å². The number of nitrogens with zero attached hydrogens (tertiary/aromatic N) is 4. The van der Waals surface area contributed by atoms with Crippen molar-refractivity contribution >= 4 is 35.8 Å².